The van der Waals surface area contributed by atoms with E-state index >= 15 is 0 Å². The lowest BCUT2D eigenvalue weighted by Gasteiger charge is -2.37. The molecule has 1 aromatic heterocycles. The number of hydrogen-bond acceptors (Lipinski definition) is 3. The Hall–Kier alpha value is -1.51. The summed E-state index contributed by atoms with van der Waals surface area (Å²) in [5.74, 6) is 1.63. The third-order valence-corrected chi connectivity index (χ3v) is 3.45. The minimum atomic E-state index is 0.121. The molecule has 0 aliphatic carbocycles. The Bertz CT molecular complexity index is 501. The van der Waals surface area contributed by atoms with Gasteiger partial charge in [0.15, 0.2) is 5.43 Å². The van der Waals surface area contributed by atoms with E-state index < -0.39 is 0 Å². The Labute approximate surface area is 94.4 Å². The van der Waals surface area contributed by atoms with Crippen LogP contribution in [-0.4, -0.2) is 10.9 Å². The van der Waals surface area contributed by atoms with Crippen LogP contribution in [0.25, 0.3) is 0 Å². The van der Waals surface area contributed by atoms with Crippen molar-refractivity contribution in [3.8, 4) is 0 Å². The van der Waals surface area contributed by atoms with Crippen molar-refractivity contribution in [2.75, 3.05) is 0 Å². The highest BCUT2D eigenvalue weighted by atomic mass is 16.3. The smallest absolute Gasteiger partial charge is 0.190 e. The molecular weight excluding hydrogens is 202 g/mol. The molecule has 3 heterocycles. The molecule has 0 saturated heterocycles. The van der Waals surface area contributed by atoms with Crippen LogP contribution in [0.4, 0.5) is 0 Å². The van der Waals surface area contributed by atoms with Crippen molar-refractivity contribution in [3.05, 3.63) is 45.6 Å². The van der Waals surface area contributed by atoms with Crippen LogP contribution in [0.5, 0.6) is 0 Å². The maximum Gasteiger partial charge on any atom is 0.190 e. The van der Waals surface area contributed by atoms with Gasteiger partial charge in [-0.1, -0.05) is 6.08 Å². The summed E-state index contributed by atoms with van der Waals surface area (Å²) in [5, 5.41) is 0. The van der Waals surface area contributed by atoms with Crippen molar-refractivity contribution in [2.45, 2.75) is 38.8 Å². The molecule has 3 nitrogen and oxygen atoms in total. The largest absolute Gasteiger partial charge is 0.466 e. The Kier molecular flexibility index (Phi) is 2.13. The van der Waals surface area contributed by atoms with Gasteiger partial charge < -0.3 is 9.32 Å². The average molecular weight is 217 g/mol. The van der Waals surface area contributed by atoms with Crippen LogP contribution in [0.3, 0.4) is 0 Å². The molecule has 0 saturated carbocycles. The highest BCUT2D eigenvalue weighted by Crippen LogP contribution is 2.27. The SMILES string of the molecule is Cc1cc(=O)c2c(o1)CC1CCC=CN1C2. The van der Waals surface area contributed by atoms with E-state index in [-0.39, 0.29) is 5.43 Å². The number of rotatable bonds is 0. The minimum absolute atomic E-state index is 0.121. The van der Waals surface area contributed by atoms with E-state index in [9.17, 15) is 4.79 Å². The van der Waals surface area contributed by atoms with Crippen LogP contribution in [0, 0.1) is 6.92 Å². The van der Waals surface area contributed by atoms with Gasteiger partial charge in [-0.25, -0.2) is 0 Å². The van der Waals surface area contributed by atoms with Gasteiger partial charge in [-0.2, -0.15) is 0 Å². The number of hydrogen-bond donors (Lipinski definition) is 0. The van der Waals surface area contributed by atoms with Gasteiger partial charge in [0, 0.05) is 25.1 Å². The molecule has 2 aliphatic rings. The zero-order chi connectivity index (χ0) is 11.1. The first-order valence-corrected chi connectivity index (χ1v) is 5.79. The second kappa shape index (κ2) is 3.51. The summed E-state index contributed by atoms with van der Waals surface area (Å²) in [6.07, 6.45) is 7.46. The molecule has 3 rings (SSSR count). The van der Waals surface area contributed by atoms with Gasteiger partial charge in [-0.05, 0) is 26.0 Å². The van der Waals surface area contributed by atoms with Gasteiger partial charge in [0.05, 0.1) is 5.56 Å². The lowest BCUT2D eigenvalue weighted by Crippen LogP contribution is -2.40. The van der Waals surface area contributed by atoms with Crippen LogP contribution < -0.4 is 5.43 Å². The van der Waals surface area contributed by atoms with E-state index in [1.165, 1.54) is 0 Å². The van der Waals surface area contributed by atoms with Crippen molar-refractivity contribution >= 4 is 0 Å². The van der Waals surface area contributed by atoms with Gasteiger partial charge in [0.2, 0.25) is 0 Å². The lowest BCUT2D eigenvalue weighted by atomic mass is 9.94. The van der Waals surface area contributed by atoms with E-state index in [1.807, 2.05) is 6.92 Å². The predicted molar refractivity (Wildman–Crippen MR) is 61.1 cm³/mol. The molecule has 0 spiro atoms. The fourth-order valence-electron chi connectivity index (χ4n) is 2.61. The van der Waals surface area contributed by atoms with Gasteiger partial charge in [-0.15, -0.1) is 0 Å². The Morgan fingerprint density at radius 2 is 2.38 bits per heavy atom. The van der Waals surface area contributed by atoms with Gasteiger partial charge in [-0.3, -0.25) is 4.79 Å². The maximum absolute atomic E-state index is 11.8. The van der Waals surface area contributed by atoms with Crippen molar-refractivity contribution in [3.63, 3.8) is 0 Å². The monoisotopic (exact) mass is 217 g/mol. The zero-order valence-corrected chi connectivity index (χ0v) is 9.40. The molecule has 1 atom stereocenters. The van der Waals surface area contributed by atoms with Crippen molar-refractivity contribution in [1.82, 2.24) is 4.90 Å². The molecule has 1 unspecified atom stereocenters. The molecule has 1 aromatic rings. The molecule has 0 N–H and O–H groups in total. The minimum Gasteiger partial charge on any atom is -0.466 e. The first-order chi connectivity index (χ1) is 7.74. The van der Waals surface area contributed by atoms with E-state index in [4.69, 9.17) is 4.42 Å². The Balaban J connectivity index is 2.06. The fraction of sp³-hybridized carbons (Fsp3) is 0.462. The second-order valence-electron chi connectivity index (χ2n) is 4.62. The zero-order valence-electron chi connectivity index (χ0n) is 9.40. The summed E-state index contributed by atoms with van der Waals surface area (Å²) in [6, 6.07) is 2.11. The summed E-state index contributed by atoms with van der Waals surface area (Å²) in [4.78, 5) is 14.1. The van der Waals surface area contributed by atoms with Gasteiger partial charge in [0.25, 0.3) is 0 Å². The highest BCUT2D eigenvalue weighted by Gasteiger charge is 2.28. The lowest BCUT2D eigenvalue weighted by molar-refractivity contribution is 0.202. The van der Waals surface area contributed by atoms with E-state index in [0.717, 1.165) is 36.3 Å². The standard InChI is InChI=1S/C13H15NO2/c1-9-6-12(15)11-8-14-5-3-2-4-10(14)7-13(11)16-9/h3,5-6,10H,2,4,7-8H2,1H3. The third-order valence-electron chi connectivity index (χ3n) is 3.45. The number of allylic oxidation sites excluding steroid dienone is 1. The summed E-state index contributed by atoms with van der Waals surface area (Å²) in [6.45, 7) is 2.55. The summed E-state index contributed by atoms with van der Waals surface area (Å²) in [7, 11) is 0. The molecule has 0 bridgehead atoms. The van der Waals surface area contributed by atoms with Crippen molar-refractivity contribution in [2.24, 2.45) is 0 Å². The second-order valence-corrected chi connectivity index (χ2v) is 4.62. The first-order valence-electron chi connectivity index (χ1n) is 5.79. The quantitative estimate of drug-likeness (QED) is 0.666. The molecule has 0 amide bonds. The molecule has 0 radical (unpaired) electrons. The normalized spacial score (nSPS) is 22.8. The molecular formula is C13H15NO2. The average Bonchev–Trinajstić information content (AvgIpc) is 2.27. The van der Waals surface area contributed by atoms with E-state index in [2.05, 4.69) is 17.2 Å². The topological polar surface area (TPSA) is 33.5 Å². The fourth-order valence-corrected chi connectivity index (χ4v) is 2.61. The van der Waals surface area contributed by atoms with Crippen LogP contribution >= 0.6 is 0 Å². The van der Waals surface area contributed by atoms with Crippen LogP contribution in [0.1, 0.15) is 29.9 Å². The van der Waals surface area contributed by atoms with E-state index in [0.29, 0.717) is 12.6 Å². The maximum atomic E-state index is 11.8. The predicted octanol–water partition coefficient (Wildman–Crippen LogP) is 1.98. The van der Waals surface area contributed by atoms with Gasteiger partial charge in [0.1, 0.15) is 11.5 Å². The Morgan fingerprint density at radius 1 is 1.50 bits per heavy atom. The van der Waals surface area contributed by atoms with Crippen molar-refractivity contribution in [1.29, 1.82) is 0 Å². The van der Waals surface area contributed by atoms with Crippen LogP contribution in [-0.2, 0) is 13.0 Å². The van der Waals surface area contributed by atoms with Crippen LogP contribution in [0.2, 0.25) is 0 Å². The number of fused-ring (bicyclic) bond motifs is 2. The van der Waals surface area contributed by atoms with E-state index in [1.54, 1.807) is 6.07 Å². The first kappa shape index (κ1) is 9.70. The molecule has 3 heteroatoms. The Morgan fingerprint density at radius 3 is 3.25 bits per heavy atom. The highest BCUT2D eigenvalue weighted by molar-refractivity contribution is 5.24. The third kappa shape index (κ3) is 1.47. The molecule has 0 fully saturated rings. The number of nitrogens with zero attached hydrogens (tertiary/aromatic N) is 1. The molecule has 2 aliphatic heterocycles. The molecule has 16 heavy (non-hydrogen) atoms. The molecule has 84 valence electrons. The summed E-state index contributed by atoms with van der Waals surface area (Å²) >= 11 is 0. The number of aryl methyl sites for hydroxylation is 1. The summed E-state index contributed by atoms with van der Waals surface area (Å²) < 4.78 is 5.68. The van der Waals surface area contributed by atoms with Crippen LogP contribution in [0.15, 0.2) is 27.6 Å². The van der Waals surface area contributed by atoms with Gasteiger partial charge >= 0.3 is 0 Å². The summed E-state index contributed by atoms with van der Waals surface area (Å²) in [5.41, 5.74) is 0.963. The molecule has 0 aromatic carbocycles. The van der Waals surface area contributed by atoms with Crippen molar-refractivity contribution < 1.29 is 4.42 Å².